The van der Waals surface area contributed by atoms with Crippen LogP contribution in [0.5, 0.6) is 5.75 Å². The molecule has 3 rings (SSSR count). The summed E-state index contributed by atoms with van der Waals surface area (Å²) in [6, 6.07) is 4.42. The first kappa shape index (κ1) is 25.0. The lowest BCUT2D eigenvalue weighted by atomic mass is 10.2. The van der Waals surface area contributed by atoms with Crippen LogP contribution >= 0.6 is 15.9 Å². The molecule has 0 fully saturated rings. The van der Waals surface area contributed by atoms with Gasteiger partial charge in [-0.15, -0.1) is 5.06 Å². The Bertz CT molecular complexity index is 1250. The van der Waals surface area contributed by atoms with E-state index >= 15 is 0 Å². The summed E-state index contributed by atoms with van der Waals surface area (Å²) in [4.78, 5) is 36.9. The van der Waals surface area contributed by atoms with Gasteiger partial charge >= 0.3 is 11.8 Å². The van der Waals surface area contributed by atoms with Crippen molar-refractivity contribution in [2.75, 3.05) is 11.9 Å². The number of aromatic nitrogens is 2. The lowest BCUT2D eigenvalue weighted by Gasteiger charge is -2.25. The van der Waals surface area contributed by atoms with E-state index in [1.807, 2.05) is 0 Å². The van der Waals surface area contributed by atoms with E-state index in [4.69, 9.17) is 9.57 Å². The first-order valence-electron chi connectivity index (χ1n) is 9.92. The van der Waals surface area contributed by atoms with Gasteiger partial charge in [-0.3, -0.25) is 10.1 Å². The number of hydrogen-bond acceptors (Lipinski definition) is 8. The zero-order valence-electron chi connectivity index (χ0n) is 18.6. The summed E-state index contributed by atoms with van der Waals surface area (Å²) in [5.41, 5.74) is -1.66. The molecular weight excluding hydrogens is 520 g/mol. The van der Waals surface area contributed by atoms with Gasteiger partial charge in [0.1, 0.15) is 23.4 Å². The lowest BCUT2D eigenvalue weighted by molar-refractivity contribution is -0.386. The predicted octanol–water partition coefficient (Wildman–Crippen LogP) is 5.87. The van der Waals surface area contributed by atoms with Crippen LogP contribution in [-0.4, -0.2) is 38.2 Å². The topological polar surface area (TPSA) is 120 Å². The Kier molecular flexibility index (Phi) is 7.15. The van der Waals surface area contributed by atoms with E-state index < -0.39 is 39.6 Å². The number of amides is 1. The minimum Gasteiger partial charge on any atom is -0.442 e. The van der Waals surface area contributed by atoms with E-state index in [-0.39, 0.29) is 33.5 Å². The highest BCUT2D eigenvalue weighted by molar-refractivity contribution is 9.10. The largest absolute Gasteiger partial charge is 0.443 e. The van der Waals surface area contributed by atoms with E-state index in [1.54, 1.807) is 27.7 Å². The summed E-state index contributed by atoms with van der Waals surface area (Å²) >= 11 is 3.00. The number of rotatable bonds is 6. The van der Waals surface area contributed by atoms with E-state index in [0.717, 1.165) is 29.6 Å². The molecule has 0 bridgehead atoms. The number of ether oxygens (including phenoxy) is 1. The number of carbonyl (C=O) groups excluding carboxylic acids is 1. The van der Waals surface area contributed by atoms with Crippen LogP contribution in [0.3, 0.4) is 0 Å². The van der Waals surface area contributed by atoms with E-state index in [9.17, 15) is 23.7 Å². The summed E-state index contributed by atoms with van der Waals surface area (Å²) < 4.78 is 34.0. The summed E-state index contributed by atoms with van der Waals surface area (Å²) in [5, 5.41) is 15.2. The second-order valence-corrected chi connectivity index (χ2v) is 8.87. The number of hydrogen-bond donors (Lipinski definition) is 1. The molecule has 1 N–H and O–H groups in total. The number of carbonyl (C=O) groups is 1. The zero-order valence-corrected chi connectivity index (χ0v) is 20.1. The smallest absolute Gasteiger partial charge is 0.442 e. The summed E-state index contributed by atoms with van der Waals surface area (Å²) in [7, 11) is 0. The van der Waals surface area contributed by atoms with Crippen molar-refractivity contribution in [3.63, 3.8) is 0 Å². The van der Waals surface area contributed by atoms with Gasteiger partial charge in [-0.2, -0.15) is 0 Å². The molecule has 0 radical (unpaired) electrons. The maximum absolute atomic E-state index is 14.3. The summed E-state index contributed by atoms with van der Waals surface area (Å²) in [6.07, 6.45) is 0.274. The number of nitro benzene ring substituents is 1. The molecule has 3 aromatic rings. The molecule has 180 valence electrons. The van der Waals surface area contributed by atoms with Gasteiger partial charge in [0, 0.05) is 16.6 Å². The van der Waals surface area contributed by atoms with E-state index in [1.165, 1.54) is 6.07 Å². The SMILES string of the molecule is CCN(Oc1cc2ncnc(Nc3c(F)cc(Br)cc3F)c2cc1[N+](=O)[O-])C(=O)OC(C)(C)C. The maximum atomic E-state index is 14.3. The van der Waals surface area contributed by atoms with Gasteiger partial charge in [0.15, 0.2) is 11.6 Å². The van der Waals surface area contributed by atoms with Gasteiger partial charge in [0.25, 0.3) is 0 Å². The molecule has 34 heavy (non-hydrogen) atoms. The van der Waals surface area contributed by atoms with Crippen molar-refractivity contribution >= 4 is 50.1 Å². The Labute approximate surface area is 201 Å². The summed E-state index contributed by atoms with van der Waals surface area (Å²) in [6.45, 7) is 6.63. The molecule has 0 aliphatic rings. The van der Waals surface area contributed by atoms with Gasteiger partial charge in [-0.1, -0.05) is 15.9 Å². The normalized spacial score (nSPS) is 11.3. The minimum absolute atomic E-state index is 0.0306. The fourth-order valence-electron chi connectivity index (χ4n) is 2.83. The molecular formula is C21H20BrF2N5O5. The third-order valence-corrected chi connectivity index (χ3v) is 4.71. The van der Waals surface area contributed by atoms with Crippen LogP contribution in [0.4, 0.5) is 30.8 Å². The van der Waals surface area contributed by atoms with Crippen molar-refractivity contribution in [2.45, 2.75) is 33.3 Å². The number of halogens is 3. The van der Waals surface area contributed by atoms with Crippen LogP contribution in [0.15, 0.2) is 35.1 Å². The molecule has 10 nitrogen and oxygen atoms in total. The molecule has 0 atom stereocenters. The van der Waals surface area contributed by atoms with Gasteiger partial charge < -0.3 is 14.9 Å². The van der Waals surface area contributed by atoms with Crippen LogP contribution < -0.4 is 10.2 Å². The van der Waals surface area contributed by atoms with E-state index in [2.05, 4.69) is 31.2 Å². The van der Waals surface area contributed by atoms with Crippen molar-refractivity contribution in [3.05, 3.63) is 56.8 Å². The Morgan fingerprint density at radius 3 is 2.41 bits per heavy atom. The molecule has 0 unspecified atom stereocenters. The van der Waals surface area contributed by atoms with Crippen LogP contribution in [0, 0.1) is 21.7 Å². The summed E-state index contributed by atoms with van der Waals surface area (Å²) in [5.74, 6) is -2.15. The number of nitro groups is 1. The molecule has 0 saturated carbocycles. The number of benzene rings is 2. The lowest BCUT2D eigenvalue weighted by Crippen LogP contribution is -2.39. The highest BCUT2D eigenvalue weighted by Gasteiger charge is 2.27. The molecule has 0 aliphatic heterocycles. The van der Waals surface area contributed by atoms with Crippen LogP contribution in [0.2, 0.25) is 0 Å². The Morgan fingerprint density at radius 2 is 1.85 bits per heavy atom. The molecule has 1 heterocycles. The van der Waals surface area contributed by atoms with Gasteiger partial charge in [-0.25, -0.2) is 23.5 Å². The molecule has 0 saturated heterocycles. The fraction of sp³-hybridized carbons (Fsp3) is 0.286. The fourth-order valence-corrected chi connectivity index (χ4v) is 3.23. The number of nitrogens with zero attached hydrogens (tertiary/aromatic N) is 4. The average Bonchev–Trinajstić information content (AvgIpc) is 2.72. The molecule has 0 spiro atoms. The second kappa shape index (κ2) is 9.71. The molecule has 2 aromatic carbocycles. The van der Waals surface area contributed by atoms with Crippen molar-refractivity contribution in [2.24, 2.45) is 0 Å². The first-order chi connectivity index (χ1) is 15.9. The van der Waals surface area contributed by atoms with Gasteiger partial charge in [0.2, 0.25) is 5.75 Å². The number of nitrogens with one attached hydrogen (secondary N) is 1. The molecule has 1 aromatic heterocycles. The van der Waals surface area contributed by atoms with Crippen molar-refractivity contribution in [1.82, 2.24) is 15.0 Å². The standard InChI is InChI=1S/C21H20BrF2N5O5/c1-5-28(20(30)33-21(2,3)4)34-17-9-15-12(8-16(17)29(31)32)19(26-10-25-15)27-18-13(23)6-11(22)7-14(18)24/h6-10H,5H2,1-4H3,(H,25,26,27). The monoisotopic (exact) mass is 539 g/mol. The first-order valence-corrected chi connectivity index (χ1v) is 10.7. The average molecular weight is 540 g/mol. The van der Waals surface area contributed by atoms with Crippen molar-refractivity contribution < 1.29 is 28.1 Å². The number of hydroxylamine groups is 2. The second-order valence-electron chi connectivity index (χ2n) is 7.95. The Balaban J connectivity index is 2.04. The van der Waals surface area contributed by atoms with Gasteiger partial charge in [-0.05, 0) is 39.8 Å². The van der Waals surface area contributed by atoms with Crippen molar-refractivity contribution in [3.8, 4) is 5.75 Å². The minimum atomic E-state index is -0.899. The third-order valence-electron chi connectivity index (χ3n) is 4.26. The van der Waals surface area contributed by atoms with Crippen LogP contribution in [0.25, 0.3) is 10.9 Å². The molecule has 1 amide bonds. The number of fused-ring (bicyclic) bond motifs is 1. The Morgan fingerprint density at radius 1 is 1.21 bits per heavy atom. The highest BCUT2D eigenvalue weighted by Crippen LogP contribution is 2.36. The quantitative estimate of drug-likeness (QED) is 0.305. The predicted molar refractivity (Wildman–Crippen MR) is 123 cm³/mol. The third kappa shape index (κ3) is 5.65. The Hall–Kier alpha value is -3.61. The maximum Gasteiger partial charge on any atom is 0.443 e. The number of anilines is 2. The van der Waals surface area contributed by atoms with Crippen LogP contribution in [-0.2, 0) is 4.74 Å². The van der Waals surface area contributed by atoms with Crippen LogP contribution in [0.1, 0.15) is 27.7 Å². The van der Waals surface area contributed by atoms with E-state index in [0.29, 0.717) is 0 Å². The zero-order chi connectivity index (χ0) is 25.2. The van der Waals surface area contributed by atoms with Gasteiger partial charge in [0.05, 0.1) is 22.4 Å². The molecule has 13 heteroatoms. The van der Waals surface area contributed by atoms with Crippen molar-refractivity contribution in [1.29, 1.82) is 0 Å². The molecule has 0 aliphatic carbocycles. The highest BCUT2D eigenvalue weighted by atomic mass is 79.9.